The highest BCUT2D eigenvalue weighted by molar-refractivity contribution is 6.46. The van der Waals surface area contributed by atoms with Crippen molar-refractivity contribution in [3.05, 3.63) is 71.8 Å². The molecular weight excluding hydrogens is 295 g/mol. The lowest BCUT2D eigenvalue weighted by molar-refractivity contribution is 0.0926. The summed E-state index contributed by atoms with van der Waals surface area (Å²) in [5.41, 5.74) is 0.887. The van der Waals surface area contributed by atoms with Gasteiger partial charge >= 0.3 is 0 Å². The van der Waals surface area contributed by atoms with Gasteiger partial charge in [-0.15, -0.1) is 23.2 Å². The Hall–Kier alpha value is -1.64. The molecule has 102 valence electrons. The van der Waals surface area contributed by atoms with E-state index in [-0.39, 0.29) is 11.6 Å². The van der Waals surface area contributed by atoms with Crippen molar-refractivity contribution in [2.24, 2.45) is 0 Å². The first-order chi connectivity index (χ1) is 9.61. The van der Waals surface area contributed by atoms with Crippen LogP contribution in [0.5, 0.6) is 0 Å². The predicted molar refractivity (Wildman–Crippen MR) is 80.8 cm³/mol. The van der Waals surface area contributed by atoms with Gasteiger partial charge in [0.05, 0.1) is 0 Å². The summed E-state index contributed by atoms with van der Waals surface area (Å²) in [5, 5.41) is -2.18. The number of hydrogen-bond donors (Lipinski definition) is 0. The van der Waals surface area contributed by atoms with Crippen molar-refractivity contribution in [1.82, 2.24) is 0 Å². The second-order valence-electron chi connectivity index (χ2n) is 4.26. The van der Waals surface area contributed by atoms with Gasteiger partial charge in [0.2, 0.25) is 0 Å². The number of halogens is 2. The number of ketones is 2. The van der Waals surface area contributed by atoms with Crippen LogP contribution >= 0.6 is 23.2 Å². The summed E-state index contributed by atoms with van der Waals surface area (Å²) in [6.07, 6.45) is 0. The monoisotopic (exact) mass is 306 g/mol. The molecule has 2 aromatic rings. The average molecular weight is 307 g/mol. The Labute approximate surface area is 127 Å². The molecule has 2 atom stereocenters. The van der Waals surface area contributed by atoms with Crippen LogP contribution in [-0.4, -0.2) is 22.3 Å². The van der Waals surface area contributed by atoms with Crippen LogP contribution in [0.2, 0.25) is 0 Å². The summed E-state index contributed by atoms with van der Waals surface area (Å²) in [4.78, 5) is 24.3. The van der Waals surface area contributed by atoms with Gasteiger partial charge < -0.3 is 0 Å². The van der Waals surface area contributed by atoms with Gasteiger partial charge in [-0.2, -0.15) is 0 Å². The maximum Gasteiger partial charge on any atom is 0.182 e. The Balaban J connectivity index is 2.15. The van der Waals surface area contributed by atoms with Crippen LogP contribution in [0, 0.1) is 0 Å². The largest absolute Gasteiger partial charge is 0.292 e. The molecule has 0 aromatic heterocycles. The zero-order valence-electron chi connectivity index (χ0n) is 10.5. The number of alkyl halides is 2. The minimum absolute atomic E-state index is 0.350. The molecular formula is C16H12Cl2O2. The minimum Gasteiger partial charge on any atom is -0.292 e. The highest BCUT2D eigenvalue weighted by Gasteiger charge is 2.31. The van der Waals surface area contributed by atoms with E-state index in [9.17, 15) is 9.59 Å². The van der Waals surface area contributed by atoms with Crippen molar-refractivity contribution in [1.29, 1.82) is 0 Å². The first-order valence-corrected chi connectivity index (χ1v) is 6.95. The van der Waals surface area contributed by atoms with Gasteiger partial charge in [-0.1, -0.05) is 60.7 Å². The van der Waals surface area contributed by atoms with Crippen LogP contribution in [0.3, 0.4) is 0 Å². The zero-order valence-corrected chi connectivity index (χ0v) is 12.0. The number of benzene rings is 2. The molecule has 0 aliphatic heterocycles. The third-order valence-electron chi connectivity index (χ3n) is 2.87. The molecule has 0 bridgehead atoms. The number of carbonyl (C=O) groups excluding carboxylic acids is 2. The van der Waals surface area contributed by atoms with E-state index in [0.717, 1.165) is 0 Å². The van der Waals surface area contributed by atoms with Crippen molar-refractivity contribution in [2.45, 2.75) is 10.8 Å². The quantitative estimate of drug-likeness (QED) is 0.619. The summed E-state index contributed by atoms with van der Waals surface area (Å²) in [5.74, 6) is -0.701. The number of carbonyl (C=O) groups is 2. The van der Waals surface area contributed by atoms with E-state index in [1.807, 2.05) is 0 Å². The van der Waals surface area contributed by atoms with E-state index in [1.54, 1.807) is 60.7 Å². The standard InChI is InChI=1S/C16H12Cl2O2/c17-13(15(19)11-7-3-1-4-8-11)14(18)16(20)12-9-5-2-6-10-12/h1-10,13-14H/t13-,14+. The van der Waals surface area contributed by atoms with Crippen molar-refractivity contribution in [3.8, 4) is 0 Å². The van der Waals surface area contributed by atoms with Crippen LogP contribution in [0.15, 0.2) is 60.7 Å². The molecule has 0 radical (unpaired) electrons. The fraction of sp³-hybridized carbons (Fsp3) is 0.125. The number of rotatable bonds is 5. The van der Waals surface area contributed by atoms with Gasteiger partial charge in [0, 0.05) is 11.1 Å². The van der Waals surface area contributed by atoms with Crippen LogP contribution in [0.25, 0.3) is 0 Å². The summed E-state index contributed by atoms with van der Waals surface area (Å²) in [7, 11) is 0. The number of Topliss-reactive ketones (excluding diaryl/α,β-unsaturated/α-hetero) is 2. The third kappa shape index (κ3) is 3.27. The van der Waals surface area contributed by atoms with Crippen LogP contribution in [0.4, 0.5) is 0 Å². The van der Waals surface area contributed by atoms with Crippen LogP contribution in [-0.2, 0) is 0 Å². The van der Waals surface area contributed by atoms with E-state index in [1.165, 1.54) is 0 Å². The topological polar surface area (TPSA) is 34.1 Å². The van der Waals surface area contributed by atoms with E-state index < -0.39 is 10.8 Å². The van der Waals surface area contributed by atoms with E-state index >= 15 is 0 Å². The summed E-state index contributed by atoms with van der Waals surface area (Å²) >= 11 is 12.1. The van der Waals surface area contributed by atoms with Gasteiger partial charge in [0.15, 0.2) is 11.6 Å². The highest BCUT2D eigenvalue weighted by Crippen LogP contribution is 2.20. The van der Waals surface area contributed by atoms with Crippen LogP contribution < -0.4 is 0 Å². The predicted octanol–water partition coefficient (Wildman–Crippen LogP) is 3.97. The summed E-state index contributed by atoms with van der Waals surface area (Å²) in [6.45, 7) is 0. The normalized spacial score (nSPS) is 13.5. The fourth-order valence-electron chi connectivity index (χ4n) is 1.79. The van der Waals surface area contributed by atoms with E-state index in [2.05, 4.69) is 0 Å². The average Bonchev–Trinajstić information content (AvgIpc) is 2.53. The molecule has 2 nitrogen and oxygen atoms in total. The highest BCUT2D eigenvalue weighted by atomic mass is 35.5. The van der Waals surface area contributed by atoms with Crippen molar-refractivity contribution < 1.29 is 9.59 Å². The maximum atomic E-state index is 12.2. The second kappa shape index (κ2) is 6.69. The lowest BCUT2D eigenvalue weighted by Gasteiger charge is -2.14. The first kappa shape index (κ1) is 14.8. The third-order valence-corrected chi connectivity index (χ3v) is 3.90. The van der Waals surface area contributed by atoms with Crippen molar-refractivity contribution in [2.75, 3.05) is 0 Å². The molecule has 20 heavy (non-hydrogen) atoms. The molecule has 2 aromatic carbocycles. The first-order valence-electron chi connectivity index (χ1n) is 6.08. The molecule has 0 unspecified atom stereocenters. The molecule has 0 aliphatic carbocycles. The Kier molecular flexibility index (Phi) is 4.94. The smallest absolute Gasteiger partial charge is 0.182 e. The zero-order chi connectivity index (χ0) is 14.5. The minimum atomic E-state index is -1.09. The van der Waals surface area contributed by atoms with Crippen LogP contribution in [0.1, 0.15) is 20.7 Å². The van der Waals surface area contributed by atoms with E-state index in [4.69, 9.17) is 23.2 Å². The van der Waals surface area contributed by atoms with Gasteiger partial charge in [-0.3, -0.25) is 9.59 Å². The SMILES string of the molecule is O=C(c1ccccc1)[C@@H](Cl)[C@@H](Cl)C(=O)c1ccccc1. The number of hydrogen-bond acceptors (Lipinski definition) is 2. The van der Waals surface area contributed by atoms with Gasteiger partial charge in [0.25, 0.3) is 0 Å². The van der Waals surface area contributed by atoms with Gasteiger partial charge in [-0.25, -0.2) is 0 Å². The lowest BCUT2D eigenvalue weighted by Crippen LogP contribution is -2.31. The Morgan fingerprint density at radius 1 is 0.650 bits per heavy atom. The molecule has 4 heteroatoms. The summed E-state index contributed by atoms with van der Waals surface area (Å²) < 4.78 is 0. The van der Waals surface area contributed by atoms with E-state index in [0.29, 0.717) is 11.1 Å². The molecule has 0 saturated carbocycles. The van der Waals surface area contributed by atoms with Crippen molar-refractivity contribution in [3.63, 3.8) is 0 Å². The Bertz CT molecular complexity index is 541. The van der Waals surface area contributed by atoms with Gasteiger partial charge in [-0.05, 0) is 0 Å². The maximum absolute atomic E-state index is 12.2. The Morgan fingerprint density at radius 2 is 0.950 bits per heavy atom. The lowest BCUT2D eigenvalue weighted by atomic mass is 10.0. The molecule has 2 rings (SSSR count). The molecule has 0 spiro atoms. The fourth-order valence-corrected chi connectivity index (χ4v) is 2.27. The Morgan fingerprint density at radius 3 is 1.25 bits per heavy atom. The molecule has 0 aliphatic rings. The second-order valence-corrected chi connectivity index (χ2v) is 5.20. The molecule has 0 fully saturated rings. The molecule has 0 N–H and O–H groups in total. The van der Waals surface area contributed by atoms with Gasteiger partial charge in [0.1, 0.15) is 10.8 Å². The van der Waals surface area contributed by atoms with Crippen molar-refractivity contribution >= 4 is 34.8 Å². The summed E-state index contributed by atoms with van der Waals surface area (Å²) in [6, 6.07) is 17.1. The molecule has 0 saturated heterocycles. The molecule has 0 heterocycles. The molecule has 0 amide bonds.